The molecule has 0 bridgehead atoms. The van der Waals surface area contributed by atoms with Gasteiger partial charge in [0.25, 0.3) is 11.4 Å². The van der Waals surface area contributed by atoms with Gasteiger partial charge in [-0.25, -0.2) is 0 Å². The van der Waals surface area contributed by atoms with Crippen LogP contribution in [-0.2, 0) is 0 Å². The first-order valence-corrected chi connectivity index (χ1v) is 8.51. The van der Waals surface area contributed by atoms with E-state index in [1.54, 1.807) is 64.1 Å². The predicted molar refractivity (Wildman–Crippen MR) is 101 cm³/mol. The Morgan fingerprint density at radius 3 is 2.65 bits per heavy atom. The zero-order valence-electron chi connectivity index (χ0n) is 15.0. The van der Waals surface area contributed by atoms with Crippen molar-refractivity contribution in [3.8, 4) is 0 Å². The van der Waals surface area contributed by atoms with Crippen LogP contribution in [0.5, 0.6) is 0 Å². The van der Waals surface area contributed by atoms with Crippen molar-refractivity contribution in [3.63, 3.8) is 0 Å². The van der Waals surface area contributed by atoms with Gasteiger partial charge in [-0.05, 0) is 51.1 Å². The molecule has 138 valence electrons. The SMILES string of the molecule is C/C(=N/Nc1cccc(Cl)c1)[C@]1(C)N(O)C(C)(C)C(c2ccco2)=[N+]1[O-]. The van der Waals surface area contributed by atoms with E-state index < -0.39 is 11.2 Å². The molecule has 1 aliphatic heterocycles. The van der Waals surface area contributed by atoms with E-state index in [-0.39, 0.29) is 0 Å². The first-order chi connectivity index (χ1) is 12.2. The highest BCUT2D eigenvalue weighted by Crippen LogP contribution is 2.36. The van der Waals surface area contributed by atoms with Crippen molar-refractivity contribution in [2.75, 3.05) is 5.43 Å². The fourth-order valence-electron chi connectivity index (χ4n) is 3.12. The van der Waals surface area contributed by atoms with E-state index in [4.69, 9.17) is 16.0 Å². The molecule has 0 amide bonds. The Morgan fingerprint density at radius 2 is 2.04 bits per heavy atom. The second-order valence-corrected chi connectivity index (χ2v) is 7.27. The van der Waals surface area contributed by atoms with Crippen molar-refractivity contribution >= 4 is 28.7 Å². The molecule has 0 spiro atoms. The number of hydrogen-bond donors (Lipinski definition) is 2. The summed E-state index contributed by atoms with van der Waals surface area (Å²) in [5, 5.41) is 29.8. The maximum absolute atomic E-state index is 13.1. The zero-order valence-corrected chi connectivity index (χ0v) is 15.8. The minimum atomic E-state index is -1.41. The number of anilines is 1. The van der Waals surface area contributed by atoms with Crippen LogP contribution in [0.3, 0.4) is 0 Å². The summed E-state index contributed by atoms with van der Waals surface area (Å²) in [6, 6.07) is 10.4. The molecule has 2 N–H and O–H groups in total. The van der Waals surface area contributed by atoms with Gasteiger partial charge in [-0.2, -0.15) is 9.84 Å². The lowest BCUT2D eigenvalue weighted by Gasteiger charge is -2.32. The van der Waals surface area contributed by atoms with Crippen LogP contribution in [0, 0.1) is 5.21 Å². The van der Waals surface area contributed by atoms with E-state index in [1.807, 2.05) is 0 Å². The fraction of sp³-hybridized carbons (Fsp3) is 0.333. The molecule has 0 unspecified atom stereocenters. The van der Waals surface area contributed by atoms with Gasteiger partial charge in [0.1, 0.15) is 11.3 Å². The van der Waals surface area contributed by atoms with Crippen molar-refractivity contribution in [1.82, 2.24) is 5.06 Å². The third-order valence-corrected chi connectivity index (χ3v) is 4.97. The molecule has 0 radical (unpaired) electrons. The molecule has 1 atom stereocenters. The molecular formula is C18H21ClN4O3. The molecule has 0 saturated carbocycles. The van der Waals surface area contributed by atoms with E-state index in [0.29, 0.717) is 27.9 Å². The summed E-state index contributed by atoms with van der Waals surface area (Å²) >= 11 is 5.97. The Hall–Kier alpha value is -2.35. The molecule has 7 nitrogen and oxygen atoms in total. The van der Waals surface area contributed by atoms with Crippen LogP contribution in [0.15, 0.2) is 52.2 Å². The molecule has 26 heavy (non-hydrogen) atoms. The molecule has 8 heteroatoms. The van der Waals surface area contributed by atoms with E-state index in [0.717, 1.165) is 9.80 Å². The molecule has 2 aromatic rings. The van der Waals surface area contributed by atoms with Crippen molar-refractivity contribution in [1.29, 1.82) is 0 Å². The average Bonchev–Trinajstić information content (AvgIpc) is 3.15. The normalized spacial score (nSPS) is 23.5. The topological polar surface area (TPSA) is 87.1 Å². The molecular weight excluding hydrogens is 356 g/mol. The Labute approximate surface area is 156 Å². The number of nitrogens with one attached hydrogen (secondary N) is 1. The molecule has 0 fully saturated rings. The van der Waals surface area contributed by atoms with Gasteiger partial charge in [0, 0.05) is 11.9 Å². The van der Waals surface area contributed by atoms with Gasteiger partial charge in [-0.1, -0.05) is 17.7 Å². The maximum atomic E-state index is 13.1. The van der Waals surface area contributed by atoms with Gasteiger partial charge in [0.15, 0.2) is 5.76 Å². The largest absolute Gasteiger partial charge is 0.622 e. The van der Waals surface area contributed by atoms with Crippen molar-refractivity contribution in [2.24, 2.45) is 5.10 Å². The van der Waals surface area contributed by atoms with E-state index in [9.17, 15) is 10.4 Å². The summed E-state index contributed by atoms with van der Waals surface area (Å²) in [7, 11) is 0. The number of hydroxylamine groups is 3. The second kappa shape index (κ2) is 6.42. The van der Waals surface area contributed by atoms with E-state index in [2.05, 4.69) is 10.5 Å². The summed E-state index contributed by atoms with van der Waals surface area (Å²) in [5.41, 5.74) is 1.88. The van der Waals surface area contributed by atoms with Crippen molar-refractivity contribution in [2.45, 2.75) is 38.9 Å². The van der Waals surface area contributed by atoms with Crippen LogP contribution < -0.4 is 5.43 Å². The van der Waals surface area contributed by atoms with Crippen molar-refractivity contribution < 1.29 is 14.4 Å². The lowest BCUT2D eigenvalue weighted by atomic mass is 9.96. The van der Waals surface area contributed by atoms with Crippen molar-refractivity contribution in [3.05, 3.63) is 58.7 Å². The number of rotatable bonds is 4. The fourth-order valence-corrected chi connectivity index (χ4v) is 3.31. The first kappa shape index (κ1) is 18.4. The van der Waals surface area contributed by atoms with Gasteiger partial charge < -0.3 is 14.8 Å². The third-order valence-electron chi connectivity index (χ3n) is 4.74. The maximum Gasteiger partial charge on any atom is 0.289 e. The zero-order chi connectivity index (χ0) is 19.1. The highest BCUT2D eigenvalue weighted by atomic mass is 35.5. The highest BCUT2D eigenvalue weighted by molar-refractivity contribution is 6.30. The lowest BCUT2D eigenvalue weighted by Crippen LogP contribution is -2.57. The van der Waals surface area contributed by atoms with Crippen LogP contribution in [0.4, 0.5) is 5.69 Å². The summed E-state index contributed by atoms with van der Waals surface area (Å²) in [5.74, 6) is 0.406. The number of hydrazone groups is 1. The van der Waals surface area contributed by atoms with E-state index in [1.165, 1.54) is 6.26 Å². The standard InChI is InChI=1S/C18H21ClN4O3/c1-12(20-21-14-8-5-7-13(19)11-14)18(4)22(24)16(15-9-6-10-26-15)17(2,3)23(18)25/h5-11,21,25H,1-4H3/b20-12-/t18-/m0/s1. The van der Waals surface area contributed by atoms with Crippen LogP contribution in [-0.4, -0.2) is 37.6 Å². The predicted octanol–water partition coefficient (Wildman–Crippen LogP) is 3.92. The number of benzene rings is 1. The highest BCUT2D eigenvalue weighted by Gasteiger charge is 2.62. The summed E-state index contributed by atoms with van der Waals surface area (Å²) in [4.78, 5) is 0. The number of nitrogens with zero attached hydrogens (tertiary/aromatic N) is 3. The second-order valence-electron chi connectivity index (χ2n) is 6.83. The van der Waals surface area contributed by atoms with Gasteiger partial charge in [-0.15, -0.1) is 5.06 Å². The van der Waals surface area contributed by atoms with E-state index >= 15 is 0 Å². The molecule has 0 saturated heterocycles. The molecule has 1 aromatic carbocycles. The molecule has 0 aliphatic carbocycles. The Kier molecular flexibility index (Phi) is 4.56. The number of hydrogen-bond acceptors (Lipinski definition) is 6. The van der Waals surface area contributed by atoms with Gasteiger partial charge in [-0.3, -0.25) is 5.43 Å². The first-order valence-electron chi connectivity index (χ1n) is 8.13. The van der Waals surface area contributed by atoms with Crippen LogP contribution >= 0.6 is 11.6 Å². The number of halogens is 1. The minimum Gasteiger partial charge on any atom is -0.622 e. The van der Waals surface area contributed by atoms with Crippen LogP contribution in [0.25, 0.3) is 0 Å². The van der Waals surface area contributed by atoms with Gasteiger partial charge in [0.05, 0.1) is 12.0 Å². The number of furan rings is 1. The quantitative estimate of drug-likeness (QED) is 0.365. The Balaban J connectivity index is 2.00. The summed E-state index contributed by atoms with van der Waals surface area (Å²) in [6.45, 7) is 6.78. The smallest absolute Gasteiger partial charge is 0.289 e. The Morgan fingerprint density at radius 1 is 1.31 bits per heavy atom. The molecule has 1 aromatic heterocycles. The average molecular weight is 377 g/mol. The molecule has 1 aliphatic rings. The monoisotopic (exact) mass is 376 g/mol. The summed E-state index contributed by atoms with van der Waals surface area (Å²) < 4.78 is 6.14. The minimum absolute atomic E-state index is 0.324. The Bertz CT molecular complexity index is 876. The third kappa shape index (κ3) is 2.78. The van der Waals surface area contributed by atoms with Gasteiger partial charge in [0.2, 0.25) is 0 Å². The summed E-state index contributed by atoms with van der Waals surface area (Å²) in [6.07, 6.45) is 1.49. The van der Waals surface area contributed by atoms with Gasteiger partial charge >= 0.3 is 0 Å². The van der Waals surface area contributed by atoms with Crippen LogP contribution in [0.1, 0.15) is 33.5 Å². The molecule has 3 rings (SSSR count). The van der Waals surface area contributed by atoms with Crippen LogP contribution in [0.2, 0.25) is 5.02 Å². The molecule has 2 heterocycles. The lowest BCUT2D eigenvalue weighted by molar-refractivity contribution is -0.560.